The van der Waals surface area contributed by atoms with Crippen molar-refractivity contribution in [2.45, 2.75) is 70.9 Å². The number of hydrogen-bond donors (Lipinski definition) is 1. The molecule has 1 N–H and O–H groups in total. The molecule has 0 aliphatic carbocycles. The predicted octanol–water partition coefficient (Wildman–Crippen LogP) is 5.47. The molecule has 5 nitrogen and oxygen atoms in total. The highest BCUT2D eigenvalue weighted by atomic mass is 16.5. The van der Waals surface area contributed by atoms with Crippen LogP contribution in [0.2, 0.25) is 0 Å². The van der Waals surface area contributed by atoms with Crippen molar-refractivity contribution in [2.24, 2.45) is 5.41 Å². The summed E-state index contributed by atoms with van der Waals surface area (Å²) in [5.74, 6) is 1.05. The van der Waals surface area contributed by atoms with Gasteiger partial charge >= 0.3 is 0 Å². The van der Waals surface area contributed by atoms with Gasteiger partial charge in [-0.25, -0.2) is 0 Å². The van der Waals surface area contributed by atoms with Gasteiger partial charge in [0.15, 0.2) is 0 Å². The molecule has 2 aromatic carbocycles. The van der Waals surface area contributed by atoms with Crippen LogP contribution in [0.4, 0.5) is 0 Å². The molecule has 5 heteroatoms. The predicted molar refractivity (Wildman–Crippen MR) is 142 cm³/mol. The van der Waals surface area contributed by atoms with Gasteiger partial charge in [-0.3, -0.25) is 9.69 Å². The van der Waals surface area contributed by atoms with Crippen LogP contribution in [-0.2, 0) is 16.0 Å². The molecule has 1 amide bonds. The average molecular weight is 479 g/mol. The number of para-hydroxylation sites is 1. The lowest BCUT2D eigenvalue weighted by Crippen LogP contribution is -2.47. The van der Waals surface area contributed by atoms with Crippen LogP contribution < -0.4 is 10.1 Å². The van der Waals surface area contributed by atoms with Gasteiger partial charge in [0.2, 0.25) is 5.91 Å². The molecule has 2 fully saturated rings. The molecular formula is C30H42N2O3. The van der Waals surface area contributed by atoms with E-state index >= 15 is 0 Å². The van der Waals surface area contributed by atoms with E-state index in [1.165, 1.54) is 24.8 Å². The second-order valence-electron chi connectivity index (χ2n) is 10.4. The number of benzene rings is 2. The van der Waals surface area contributed by atoms with Gasteiger partial charge in [-0.1, -0.05) is 48.9 Å². The van der Waals surface area contributed by atoms with E-state index in [2.05, 4.69) is 54.4 Å². The Morgan fingerprint density at radius 2 is 1.83 bits per heavy atom. The van der Waals surface area contributed by atoms with Crippen molar-refractivity contribution in [1.82, 2.24) is 10.2 Å². The van der Waals surface area contributed by atoms with E-state index in [0.29, 0.717) is 25.3 Å². The Morgan fingerprint density at radius 3 is 2.57 bits per heavy atom. The Morgan fingerprint density at radius 1 is 1.09 bits per heavy atom. The Balaban J connectivity index is 1.41. The van der Waals surface area contributed by atoms with E-state index in [0.717, 1.165) is 55.6 Å². The number of carbonyl (C=O) groups excluding carboxylic acids is 1. The summed E-state index contributed by atoms with van der Waals surface area (Å²) >= 11 is 0. The van der Waals surface area contributed by atoms with Gasteiger partial charge in [-0.15, -0.1) is 0 Å². The summed E-state index contributed by atoms with van der Waals surface area (Å²) in [5, 5.41) is 3.31. The highest BCUT2D eigenvalue weighted by Crippen LogP contribution is 2.37. The molecule has 4 rings (SSSR count). The molecule has 2 saturated heterocycles. The molecule has 0 unspecified atom stereocenters. The smallest absolute Gasteiger partial charge is 0.226 e. The number of amides is 1. The monoisotopic (exact) mass is 478 g/mol. The Kier molecular flexibility index (Phi) is 8.85. The lowest BCUT2D eigenvalue weighted by Gasteiger charge is -2.39. The zero-order chi connectivity index (χ0) is 24.7. The first-order valence-corrected chi connectivity index (χ1v) is 13.4. The fourth-order valence-corrected chi connectivity index (χ4v) is 5.94. The fourth-order valence-electron chi connectivity index (χ4n) is 5.94. The topological polar surface area (TPSA) is 50.8 Å². The van der Waals surface area contributed by atoms with Gasteiger partial charge in [-0.05, 0) is 69.6 Å². The summed E-state index contributed by atoms with van der Waals surface area (Å²) < 4.78 is 11.2. The van der Waals surface area contributed by atoms with E-state index in [4.69, 9.17) is 9.47 Å². The molecule has 2 aromatic rings. The van der Waals surface area contributed by atoms with Crippen molar-refractivity contribution in [1.29, 1.82) is 0 Å². The summed E-state index contributed by atoms with van der Waals surface area (Å²) in [6.07, 6.45) is 7.15. The molecule has 2 atom stereocenters. The normalized spacial score (nSPS) is 22.5. The maximum absolute atomic E-state index is 13.6. The van der Waals surface area contributed by atoms with E-state index in [1.54, 1.807) is 7.11 Å². The van der Waals surface area contributed by atoms with E-state index in [1.807, 2.05) is 18.2 Å². The van der Waals surface area contributed by atoms with Gasteiger partial charge in [-0.2, -0.15) is 0 Å². The minimum atomic E-state index is -0.413. The molecule has 0 spiro atoms. The highest BCUT2D eigenvalue weighted by molar-refractivity contribution is 5.83. The van der Waals surface area contributed by atoms with Crippen molar-refractivity contribution >= 4 is 5.91 Å². The number of nitrogens with zero attached hydrogens (tertiary/aromatic N) is 1. The number of nitrogens with one attached hydrogen (secondary N) is 1. The van der Waals surface area contributed by atoms with E-state index in [9.17, 15) is 4.79 Å². The Bertz CT molecular complexity index is 960. The van der Waals surface area contributed by atoms with Gasteiger partial charge in [0.1, 0.15) is 5.75 Å². The second kappa shape index (κ2) is 12.0. The summed E-state index contributed by atoms with van der Waals surface area (Å²) in [5.41, 5.74) is 2.96. The number of methoxy groups -OCH3 is 1. The highest BCUT2D eigenvalue weighted by Gasteiger charge is 2.40. The quantitative estimate of drug-likeness (QED) is 0.486. The molecule has 2 aliphatic heterocycles. The second-order valence-corrected chi connectivity index (χ2v) is 10.4. The molecule has 2 heterocycles. The first-order chi connectivity index (χ1) is 17.0. The zero-order valence-electron chi connectivity index (χ0n) is 21.7. The van der Waals surface area contributed by atoms with Gasteiger partial charge in [0.25, 0.3) is 0 Å². The molecule has 0 radical (unpaired) electrons. The first kappa shape index (κ1) is 25.7. The maximum atomic E-state index is 13.6. The average Bonchev–Trinajstić information content (AvgIpc) is 2.88. The zero-order valence-corrected chi connectivity index (χ0v) is 21.7. The third-order valence-corrected chi connectivity index (χ3v) is 8.07. The molecule has 0 bridgehead atoms. The number of rotatable bonds is 9. The third kappa shape index (κ3) is 6.25. The van der Waals surface area contributed by atoms with Crippen molar-refractivity contribution in [3.05, 3.63) is 54.1 Å². The molecular weight excluding hydrogens is 436 g/mol. The van der Waals surface area contributed by atoms with Crippen LogP contribution in [0.1, 0.15) is 57.9 Å². The van der Waals surface area contributed by atoms with Crippen molar-refractivity contribution in [3.63, 3.8) is 0 Å². The standard InChI is InChI=1S/C30H42N2O3/c1-23-9-6-10-24(2)32(23)18-8-17-31-29(33)30(15-19-35-20-16-30)22-25-11-7-12-26(21-25)27-13-4-5-14-28(27)34-3/h4-5,7,11-14,21,23-24H,6,8-10,15-20,22H2,1-3H3,(H,31,33)/t23-,24-/m0/s1. The van der Waals surface area contributed by atoms with Crippen molar-refractivity contribution < 1.29 is 14.3 Å². The van der Waals surface area contributed by atoms with E-state index in [-0.39, 0.29) is 5.91 Å². The van der Waals surface area contributed by atoms with Gasteiger partial charge in [0.05, 0.1) is 12.5 Å². The van der Waals surface area contributed by atoms with E-state index < -0.39 is 5.41 Å². The van der Waals surface area contributed by atoms with Crippen molar-refractivity contribution in [2.75, 3.05) is 33.4 Å². The van der Waals surface area contributed by atoms with Crippen LogP contribution in [0.25, 0.3) is 11.1 Å². The molecule has 190 valence electrons. The number of carbonyl (C=O) groups is 1. The van der Waals surface area contributed by atoms with Crippen LogP contribution in [0, 0.1) is 5.41 Å². The van der Waals surface area contributed by atoms with Gasteiger partial charge in [0, 0.05) is 44.0 Å². The fraction of sp³-hybridized carbons (Fsp3) is 0.567. The minimum absolute atomic E-state index is 0.184. The lowest BCUT2D eigenvalue weighted by molar-refractivity contribution is -0.136. The van der Waals surface area contributed by atoms with Crippen LogP contribution in [0.5, 0.6) is 5.75 Å². The minimum Gasteiger partial charge on any atom is -0.496 e. The maximum Gasteiger partial charge on any atom is 0.226 e. The van der Waals surface area contributed by atoms with Crippen LogP contribution in [-0.4, -0.2) is 56.3 Å². The first-order valence-electron chi connectivity index (χ1n) is 13.4. The molecule has 35 heavy (non-hydrogen) atoms. The van der Waals surface area contributed by atoms with Crippen molar-refractivity contribution in [3.8, 4) is 16.9 Å². The summed E-state index contributed by atoms with van der Waals surface area (Å²) in [4.78, 5) is 16.2. The Labute approximate surface area is 211 Å². The largest absolute Gasteiger partial charge is 0.496 e. The third-order valence-electron chi connectivity index (χ3n) is 8.07. The van der Waals surface area contributed by atoms with Gasteiger partial charge < -0.3 is 14.8 Å². The molecule has 0 saturated carbocycles. The lowest BCUT2D eigenvalue weighted by atomic mass is 9.74. The number of hydrogen-bond acceptors (Lipinski definition) is 4. The number of ether oxygens (including phenoxy) is 2. The number of piperidine rings is 1. The molecule has 2 aliphatic rings. The molecule has 0 aromatic heterocycles. The number of likely N-dealkylation sites (tertiary alicyclic amines) is 1. The van der Waals surface area contributed by atoms with Crippen LogP contribution in [0.15, 0.2) is 48.5 Å². The SMILES string of the molecule is COc1ccccc1-c1cccc(CC2(C(=O)NCCCN3[C@@H](C)CCC[C@@H]3C)CCOCC2)c1. The summed E-state index contributed by atoms with van der Waals surface area (Å²) in [6, 6.07) is 17.9. The summed E-state index contributed by atoms with van der Waals surface area (Å²) in [7, 11) is 1.70. The van der Waals surface area contributed by atoms with Crippen LogP contribution in [0.3, 0.4) is 0 Å². The van der Waals surface area contributed by atoms with Crippen LogP contribution >= 0.6 is 0 Å². The Hall–Kier alpha value is -2.37. The summed E-state index contributed by atoms with van der Waals surface area (Å²) in [6.45, 7) is 7.75.